The second kappa shape index (κ2) is 9.44. The summed E-state index contributed by atoms with van der Waals surface area (Å²) in [5.74, 6) is 1.86. The van der Waals surface area contributed by atoms with Gasteiger partial charge in [-0.25, -0.2) is 0 Å². The van der Waals surface area contributed by atoms with E-state index in [9.17, 15) is 4.79 Å². The lowest BCUT2D eigenvalue weighted by molar-refractivity contribution is -0.132. The van der Waals surface area contributed by atoms with Crippen LogP contribution in [0.25, 0.3) is 0 Å². The summed E-state index contributed by atoms with van der Waals surface area (Å²) in [4.78, 5) is 16.3. The highest BCUT2D eigenvalue weighted by molar-refractivity contribution is 5.85. The Morgan fingerprint density at radius 3 is 2.58 bits per heavy atom. The van der Waals surface area contributed by atoms with Gasteiger partial charge in [0.25, 0.3) is 5.91 Å². The Morgan fingerprint density at radius 1 is 1.23 bits per heavy atom. The molecule has 0 saturated carbocycles. The van der Waals surface area contributed by atoms with Crippen molar-refractivity contribution in [3.63, 3.8) is 0 Å². The van der Waals surface area contributed by atoms with Gasteiger partial charge in [0, 0.05) is 38.8 Å². The molecule has 6 nitrogen and oxygen atoms in total. The van der Waals surface area contributed by atoms with Gasteiger partial charge in [-0.2, -0.15) is 0 Å². The number of carbonyl (C=O) groups excluding carboxylic acids is 1. The van der Waals surface area contributed by atoms with Crippen LogP contribution in [0.5, 0.6) is 11.5 Å². The summed E-state index contributed by atoms with van der Waals surface area (Å²) in [6.07, 6.45) is 2.17. The zero-order valence-electron chi connectivity index (χ0n) is 15.6. The number of methoxy groups -OCH3 is 1. The fourth-order valence-electron chi connectivity index (χ4n) is 3.61. The Balaban J connectivity index is 0.00000243. The zero-order valence-corrected chi connectivity index (χ0v) is 16.5. The smallest absolute Gasteiger partial charge is 0.260 e. The lowest BCUT2D eigenvalue weighted by Gasteiger charge is -2.18. The van der Waals surface area contributed by atoms with E-state index < -0.39 is 0 Å². The molecule has 0 aromatic heterocycles. The lowest BCUT2D eigenvalue weighted by Crippen LogP contribution is -2.32. The van der Waals surface area contributed by atoms with Crippen LogP contribution in [-0.2, 0) is 11.3 Å². The monoisotopic (exact) mass is 383 g/mol. The molecule has 2 unspecified atom stereocenters. The Labute approximate surface area is 162 Å². The minimum atomic E-state index is 0. The number of likely N-dealkylation sites (tertiary alicyclic amines) is 2. The molecular weight excluding hydrogens is 354 g/mol. The second-order valence-electron chi connectivity index (χ2n) is 7.20. The predicted molar refractivity (Wildman–Crippen MR) is 104 cm³/mol. The average molecular weight is 384 g/mol. The van der Waals surface area contributed by atoms with Crippen molar-refractivity contribution < 1.29 is 14.3 Å². The van der Waals surface area contributed by atoms with Gasteiger partial charge in [-0.15, -0.1) is 12.4 Å². The number of carbonyl (C=O) groups is 1. The topological polar surface area (TPSA) is 68.0 Å². The first-order chi connectivity index (χ1) is 12.1. The first kappa shape index (κ1) is 20.8. The van der Waals surface area contributed by atoms with Gasteiger partial charge in [-0.1, -0.05) is 13.0 Å². The summed E-state index contributed by atoms with van der Waals surface area (Å²) in [6, 6.07) is 6.17. The molecule has 2 aliphatic heterocycles. The molecule has 1 amide bonds. The fourth-order valence-corrected chi connectivity index (χ4v) is 3.61. The number of ether oxygens (including phenoxy) is 2. The van der Waals surface area contributed by atoms with Gasteiger partial charge >= 0.3 is 0 Å². The number of nitrogens with zero attached hydrogens (tertiary/aromatic N) is 2. The molecule has 0 spiro atoms. The first-order valence-electron chi connectivity index (χ1n) is 9.12. The number of nitrogens with two attached hydrogens (primary N) is 1. The number of hydrogen-bond acceptors (Lipinski definition) is 5. The van der Waals surface area contributed by atoms with Crippen LogP contribution in [0.15, 0.2) is 18.2 Å². The minimum Gasteiger partial charge on any atom is -0.493 e. The Kier molecular flexibility index (Phi) is 7.55. The van der Waals surface area contributed by atoms with Crippen LogP contribution < -0.4 is 15.2 Å². The maximum Gasteiger partial charge on any atom is 0.260 e. The third-order valence-corrected chi connectivity index (χ3v) is 5.19. The molecule has 146 valence electrons. The predicted octanol–water partition coefficient (Wildman–Crippen LogP) is 1.90. The van der Waals surface area contributed by atoms with E-state index in [4.69, 9.17) is 15.2 Å². The average Bonchev–Trinajstić information content (AvgIpc) is 3.24. The van der Waals surface area contributed by atoms with Gasteiger partial charge in [0.1, 0.15) is 0 Å². The van der Waals surface area contributed by atoms with E-state index in [0.717, 1.165) is 51.1 Å². The van der Waals surface area contributed by atoms with Crippen molar-refractivity contribution in [3.05, 3.63) is 23.8 Å². The summed E-state index contributed by atoms with van der Waals surface area (Å²) >= 11 is 0. The van der Waals surface area contributed by atoms with Crippen molar-refractivity contribution in [1.29, 1.82) is 0 Å². The van der Waals surface area contributed by atoms with E-state index in [-0.39, 0.29) is 31.0 Å². The lowest BCUT2D eigenvalue weighted by atomic mass is 10.1. The van der Waals surface area contributed by atoms with E-state index >= 15 is 0 Å². The summed E-state index contributed by atoms with van der Waals surface area (Å²) in [5.41, 5.74) is 7.26. The van der Waals surface area contributed by atoms with E-state index in [2.05, 4.69) is 11.8 Å². The van der Waals surface area contributed by atoms with E-state index in [1.165, 1.54) is 0 Å². The molecule has 2 fully saturated rings. The quantitative estimate of drug-likeness (QED) is 0.812. The van der Waals surface area contributed by atoms with Gasteiger partial charge in [-0.3, -0.25) is 9.69 Å². The first-order valence-corrected chi connectivity index (χ1v) is 9.12. The highest BCUT2D eigenvalue weighted by Gasteiger charge is 2.26. The molecule has 0 radical (unpaired) electrons. The third kappa shape index (κ3) is 5.02. The van der Waals surface area contributed by atoms with Crippen molar-refractivity contribution >= 4 is 18.3 Å². The molecule has 2 atom stereocenters. The Hall–Kier alpha value is -1.50. The van der Waals surface area contributed by atoms with Crippen LogP contribution in [0.2, 0.25) is 0 Å². The van der Waals surface area contributed by atoms with Crippen molar-refractivity contribution in [2.75, 3.05) is 39.9 Å². The van der Waals surface area contributed by atoms with Crippen molar-refractivity contribution in [2.24, 2.45) is 11.7 Å². The van der Waals surface area contributed by atoms with Gasteiger partial charge in [0.2, 0.25) is 0 Å². The normalized spacial score (nSPS) is 23.0. The largest absolute Gasteiger partial charge is 0.493 e. The molecular formula is C19H30ClN3O3. The maximum atomic E-state index is 12.1. The zero-order chi connectivity index (χ0) is 17.8. The van der Waals surface area contributed by atoms with E-state index in [1.807, 2.05) is 23.1 Å². The van der Waals surface area contributed by atoms with Crippen LogP contribution in [-0.4, -0.2) is 61.6 Å². The number of hydrogen-bond donors (Lipinski definition) is 1. The Bertz CT molecular complexity index is 598. The molecule has 1 aromatic carbocycles. The highest BCUT2D eigenvalue weighted by Crippen LogP contribution is 2.29. The molecule has 3 rings (SSSR count). The molecule has 0 aliphatic carbocycles. The number of benzene rings is 1. The fraction of sp³-hybridized carbons (Fsp3) is 0.632. The minimum absolute atomic E-state index is 0. The molecule has 26 heavy (non-hydrogen) atoms. The van der Waals surface area contributed by atoms with Gasteiger partial charge in [0.15, 0.2) is 18.1 Å². The molecule has 2 N–H and O–H groups in total. The highest BCUT2D eigenvalue weighted by atomic mass is 35.5. The second-order valence-corrected chi connectivity index (χ2v) is 7.20. The molecule has 1 aromatic rings. The van der Waals surface area contributed by atoms with Crippen LogP contribution in [0.1, 0.15) is 25.3 Å². The van der Waals surface area contributed by atoms with E-state index in [0.29, 0.717) is 17.4 Å². The summed E-state index contributed by atoms with van der Waals surface area (Å²) in [6.45, 7) is 6.73. The SMILES string of the molecule is COc1cc(CN2CC(C)C(N)C2)ccc1OCC(=O)N1CCCC1.Cl. The summed E-state index contributed by atoms with van der Waals surface area (Å²) in [5, 5.41) is 0. The van der Waals surface area contributed by atoms with Crippen molar-refractivity contribution in [1.82, 2.24) is 9.80 Å². The van der Waals surface area contributed by atoms with E-state index in [1.54, 1.807) is 7.11 Å². The molecule has 7 heteroatoms. The number of halogens is 1. The summed E-state index contributed by atoms with van der Waals surface area (Å²) < 4.78 is 11.2. The molecule has 2 heterocycles. The maximum absolute atomic E-state index is 12.1. The number of amides is 1. The summed E-state index contributed by atoms with van der Waals surface area (Å²) in [7, 11) is 1.63. The van der Waals surface area contributed by atoms with Crippen LogP contribution in [0, 0.1) is 5.92 Å². The standard InChI is InChI=1S/C19H29N3O3.ClH/c1-14-10-21(12-16(14)20)11-15-5-6-17(18(9-15)24-2)25-13-19(23)22-7-3-4-8-22;/h5-6,9,14,16H,3-4,7-8,10-13,20H2,1-2H3;1H. The van der Waals surface area contributed by atoms with Gasteiger partial charge in [-0.05, 0) is 36.5 Å². The van der Waals surface area contributed by atoms with Gasteiger partial charge < -0.3 is 20.1 Å². The van der Waals surface area contributed by atoms with Crippen LogP contribution in [0.4, 0.5) is 0 Å². The van der Waals surface area contributed by atoms with Crippen LogP contribution in [0.3, 0.4) is 0 Å². The van der Waals surface area contributed by atoms with Crippen molar-refractivity contribution in [2.45, 2.75) is 32.4 Å². The molecule has 2 aliphatic rings. The third-order valence-electron chi connectivity index (χ3n) is 5.19. The van der Waals surface area contributed by atoms with Gasteiger partial charge in [0.05, 0.1) is 7.11 Å². The molecule has 2 saturated heterocycles. The Morgan fingerprint density at radius 2 is 1.96 bits per heavy atom. The number of rotatable bonds is 6. The van der Waals surface area contributed by atoms with Crippen LogP contribution >= 0.6 is 12.4 Å². The molecule has 0 bridgehead atoms. The van der Waals surface area contributed by atoms with Crippen molar-refractivity contribution in [3.8, 4) is 11.5 Å².